The summed E-state index contributed by atoms with van der Waals surface area (Å²) in [4.78, 5) is 9.44. The molecule has 0 atom stereocenters. The van der Waals surface area contributed by atoms with Gasteiger partial charge in [0.25, 0.3) is 0 Å². The first-order chi connectivity index (χ1) is 8.20. The molecule has 17 heavy (non-hydrogen) atoms. The first-order valence-corrected chi connectivity index (χ1v) is 6.77. The third-order valence-corrected chi connectivity index (χ3v) is 3.31. The maximum absolute atomic E-state index is 4.77. The molecule has 0 bridgehead atoms. The Hall–Kier alpha value is -1.12. The summed E-state index contributed by atoms with van der Waals surface area (Å²) in [7, 11) is 1.96. The molecule has 0 saturated carbocycles. The zero-order valence-electron chi connectivity index (χ0n) is 11.2. The van der Waals surface area contributed by atoms with Crippen molar-refractivity contribution in [2.75, 3.05) is 12.4 Å². The van der Waals surface area contributed by atoms with Gasteiger partial charge in [0.15, 0.2) is 0 Å². The van der Waals surface area contributed by atoms with Gasteiger partial charge in [-0.1, -0.05) is 20.3 Å². The second-order valence-electron chi connectivity index (χ2n) is 5.32. The summed E-state index contributed by atoms with van der Waals surface area (Å²) in [6.45, 7) is 4.43. The normalized spacial score (nSPS) is 15.5. The van der Waals surface area contributed by atoms with Crippen molar-refractivity contribution in [1.29, 1.82) is 0 Å². The van der Waals surface area contributed by atoms with Crippen LogP contribution in [-0.4, -0.2) is 17.0 Å². The number of fused-ring (bicyclic) bond motifs is 1. The highest BCUT2D eigenvalue weighted by molar-refractivity contribution is 5.46. The van der Waals surface area contributed by atoms with Crippen LogP contribution in [0.4, 0.5) is 5.82 Å². The van der Waals surface area contributed by atoms with Crippen LogP contribution in [0, 0.1) is 5.92 Å². The van der Waals surface area contributed by atoms with E-state index in [1.807, 2.05) is 7.05 Å². The number of aromatic nitrogens is 2. The molecule has 0 aromatic carbocycles. The van der Waals surface area contributed by atoms with E-state index in [2.05, 4.69) is 24.1 Å². The fraction of sp³-hybridized carbons (Fsp3) is 0.714. The van der Waals surface area contributed by atoms with Gasteiger partial charge >= 0.3 is 0 Å². The minimum absolute atomic E-state index is 0.614. The first kappa shape index (κ1) is 12.3. The molecule has 1 aromatic rings. The average molecular weight is 233 g/mol. The van der Waals surface area contributed by atoms with Gasteiger partial charge in [0.2, 0.25) is 0 Å². The van der Waals surface area contributed by atoms with Gasteiger partial charge in [0, 0.05) is 24.7 Å². The van der Waals surface area contributed by atoms with Crippen LogP contribution in [0.1, 0.15) is 50.2 Å². The summed E-state index contributed by atoms with van der Waals surface area (Å²) in [6.07, 6.45) is 7.09. The van der Waals surface area contributed by atoms with Gasteiger partial charge in [-0.05, 0) is 31.6 Å². The van der Waals surface area contributed by atoms with E-state index in [1.54, 1.807) is 0 Å². The second-order valence-corrected chi connectivity index (χ2v) is 5.32. The summed E-state index contributed by atoms with van der Waals surface area (Å²) in [5.74, 6) is 2.68. The third kappa shape index (κ3) is 2.96. The molecule has 3 nitrogen and oxygen atoms in total. The van der Waals surface area contributed by atoms with Crippen LogP contribution >= 0.6 is 0 Å². The number of rotatable bonds is 3. The van der Waals surface area contributed by atoms with Crippen LogP contribution in [0.15, 0.2) is 0 Å². The molecule has 0 unspecified atom stereocenters. The Kier molecular flexibility index (Phi) is 3.97. The molecule has 3 heteroatoms. The van der Waals surface area contributed by atoms with E-state index < -0.39 is 0 Å². The Bertz CT molecular complexity index is 385. The predicted molar refractivity (Wildman–Crippen MR) is 71.4 cm³/mol. The van der Waals surface area contributed by atoms with Crippen LogP contribution < -0.4 is 5.32 Å². The number of hydrogen-bond donors (Lipinski definition) is 1. The minimum Gasteiger partial charge on any atom is -0.373 e. The molecule has 1 aliphatic rings. The molecule has 0 aliphatic heterocycles. The van der Waals surface area contributed by atoms with Crippen molar-refractivity contribution in [3.63, 3.8) is 0 Å². The Labute approximate surface area is 104 Å². The Morgan fingerprint density at radius 2 is 1.88 bits per heavy atom. The Balaban J connectivity index is 2.36. The molecule has 0 spiro atoms. The van der Waals surface area contributed by atoms with E-state index >= 15 is 0 Å². The van der Waals surface area contributed by atoms with Crippen LogP contribution in [-0.2, 0) is 19.3 Å². The molecule has 0 fully saturated rings. The van der Waals surface area contributed by atoms with Gasteiger partial charge in [-0.25, -0.2) is 9.97 Å². The largest absolute Gasteiger partial charge is 0.373 e. The molecule has 0 saturated heterocycles. The summed E-state index contributed by atoms with van der Waals surface area (Å²) in [5, 5.41) is 3.25. The zero-order chi connectivity index (χ0) is 12.3. The zero-order valence-corrected chi connectivity index (χ0v) is 11.2. The van der Waals surface area contributed by atoms with Crippen molar-refractivity contribution in [2.45, 2.75) is 52.4 Å². The standard InChI is InChI=1S/C14H23N3/c1-10(2)9-13-16-12-8-6-4-5-7-11(12)14(15-3)17-13/h10H,4-9H2,1-3H3,(H,15,16,17). The number of nitrogens with one attached hydrogen (secondary N) is 1. The van der Waals surface area contributed by atoms with E-state index in [-0.39, 0.29) is 0 Å². The molecule has 0 radical (unpaired) electrons. The van der Waals surface area contributed by atoms with Gasteiger partial charge in [-0.2, -0.15) is 0 Å². The van der Waals surface area contributed by atoms with Gasteiger partial charge < -0.3 is 5.32 Å². The van der Waals surface area contributed by atoms with E-state index in [0.29, 0.717) is 5.92 Å². The Morgan fingerprint density at radius 3 is 2.59 bits per heavy atom. The van der Waals surface area contributed by atoms with E-state index in [1.165, 1.54) is 30.5 Å². The highest BCUT2D eigenvalue weighted by Gasteiger charge is 2.16. The SMILES string of the molecule is CNc1nc(CC(C)C)nc2c1CCCCC2. The van der Waals surface area contributed by atoms with Crippen molar-refractivity contribution in [3.05, 3.63) is 17.1 Å². The summed E-state index contributed by atoms with van der Waals surface area (Å²) in [6, 6.07) is 0. The fourth-order valence-corrected chi connectivity index (χ4v) is 2.49. The highest BCUT2D eigenvalue weighted by atomic mass is 15.0. The average Bonchev–Trinajstić information content (AvgIpc) is 2.52. The third-order valence-electron chi connectivity index (χ3n) is 3.31. The van der Waals surface area contributed by atoms with Crippen LogP contribution in [0.5, 0.6) is 0 Å². The van der Waals surface area contributed by atoms with Crippen molar-refractivity contribution in [1.82, 2.24) is 9.97 Å². The van der Waals surface area contributed by atoms with E-state index in [0.717, 1.165) is 30.9 Å². The summed E-state index contributed by atoms with van der Waals surface area (Å²) >= 11 is 0. The number of hydrogen-bond acceptors (Lipinski definition) is 3. The molecule has 1 heterocycles. The van der Waals surface area contributed by atoms with Gasteiger partial charge in [-0.15, -0.1) is 0 Å². The molecule has 1 aromatic heterocycles. The van der Waals surface area contributed by atoms with Crippen molar-refractivity contribution < 1.29 is 0 Å². The van der Waals surface area contributed by atoms with E-state index in [9.17, 15) is 0 Å². The van der Waals surface area contributed by atoms with Crippen LogP contribution in [0.2, 0.25) is 0 Å². The maximum Gasteiger partial charge on any atom is 0.132 e. The quantitative estimate of drug-likeness (QED) is 0.816. The maximum atomic E-state index is 4.77. The topological polar surface area (TPSA) is 37.8 Å². The highest BCUT2D eigenvalue weighted by Crippen LogP contribution is 2.25. The molecule has 1 aliphatic carbocycles. The number of anilines is 1. The molecule has 1 N–H and O–H groups in total. The monoisotopic (exact) mass is 233 g/mol. The lowest BCUT2D eigenvalue weighted by molar-refractivity contribution is 0.616. The lowest BCUT2D eigenvalue weighted by Crippen LogP contribution is -2.10. The van der Waals surface area contributed by atoms with Gasteiger partial charge in [0.1, 0.15) is 11.6 Å². The molecule has 2 rings (SSSR count). The molecule has 0 amide bonds. The van der Waals surface area contributed by atoms with Crippen molar-refractivity contribution >= 4 is 5.82 Å². The van der Waals surface area contributed by atoms with E-state index in [4.69, 9.17) is 4.98 Å². The van der Waals surface area contributed by atoms with Crippen LogP contribution in [0.3, 0.4) is 0 Å². The van der Waals surface area contributed by atoms with Crippen LogP contribution in [0.25, 0.3) is 0 Å². The van der Waals surface area contributed by atoms with Crippen molar-refractivity contribution in [2.24, 2.45) is 5.92 Å². The van der Waals surface area contributed by atoms with Crippen molar-refractivity contribution in [3.8, 4) is 0 Å². The predicted octanol–water partition coefficient (Wildman–Crippen LogP) is 2.99. The lowest BCUT2D eigenvalue weighted by atomic mass is 10.1. The number of nitrogens with zero attached hydrogens (tertiary/aromatic N) is 2. The summed E-state index contributed by atoms with van der Waals surface area (Å²) < 4.78 is 0. The minimum atomic E-state index is 0.614. The smallest absolute Gasteiger partial charge is 0.132 e. The van der Waals surface area contributed by atoms with Gasteiger partial charge in [-0.3, -0.25) is 0 Å². The fourth-order valence-electron chi connectivity index (χ4n) is 2.49. The first-order valence-electron chi connectivity index (χ1n) is 6.77. The Morgan fingerprint density at radius 1 is 1.12 bits per heavy atom. The van der Waals surface area contributed by atoms with Gasteiger partial charge in [0.05, 0.1) is 0 Å². The molecular formula is C14H23N3. The summed E-state index contributed by atoms with van der Waals surface area (Å²) in [5.41, 5.74) is 2.65. The second kappa shape index (κ2) is 5.48. The molecule has 94 valence electrons. The number of aryl methyl sites for hydroxylation is 1. The molecular weight excluding hydrogens is 210 g/mol. The lowest BCUT2D eigenvalue weighted by Gasteiger charge is -2.13.